The number of para-hydroxylation sites is 1. The molecule has 7 nitrogen and oxygen atoms in total. The van der Waals surface area contributed by atoms with Crippen LogP contribution in [-0.2, 0) is 12.8 Å². The first-order valence-electron chi connectivity index (χ1n) is 9.04. The summed E-state index contributed by atoms with van der Waals surface area (Å²) in [6, 6.07) is 9.50. The molecule has 0 bridgehead atoms. The van der Waals surface area contributed by atoms with Gasteiger partial charge in [0.2, 0.25) is 0 Å². The standard InChI is InChI=1S/C20H18N6O/c27-20(24-13-8-9-18(22-10-13)26-12-21-11-23-26)16-6-3-5-15-14-4-1-2-7-17(14)25-19(15)16/h3,5-6,8-12,25H,1-2,4,7H2,(H,24,27). The molecule has 1 aromatic carbocycles. The Morgan fingerprint density at radius 2 is 2.07 bits per heavy atom. The molecule has 0 unspecified atom stereocenters. The summed E-state index contributed by atoms with van der Waals surface area (Å²) in [7, 11) is 0. The molecule has 27 heavy (non-hydrogen) atoms. The predicted molar refractivity (Wildman–Crippen MR) is 102 cm³/mol. The summed E-state index contributed by atoms with van der Waals surface area (Å²) < 4.78 is 1.57. The van der Waals surface area contributed by atoms with E-state index in [1.807, 2.05) is 18.2 Å². The number of fused-ring (bicyclic) bond motifs is 3. The van der Waals surface area contributed by atoms with E-state index in [-0.39, 0.29) is 5.91 Å². The van der Waals surface area contributed by atoms with Crippen molar-refractivity contribution in [2.45, 2.75) is 25.7 Å². The van der Waals surface area contributed by atoms with E-state index in [9.17, 15) is 4.79 Å². The van der Waals surface area contributed by atoms with Crippen molar-refractivity contribution in [1.29, 1.82) is 0 Å². The van der Waals surface area contributed by atoms with Gasteiger partial charge in [0.1, 0.15) is 12.7 Å². The molecule has 0 atom stereocenters. The molecule has 0 spiro atoms. The number of benzene rings is 1. The Kier molecular flexibility index (Phi) is 3.71. The van der Waals surface area contributed by atoms with Crippen molar-refractivity contribution in [3.63, 3.8) is 0 Å². The largest absolute Gasteiger partial charge is 0.358 e. The highest BCUT2D eigenvalue weighted by atomic mass is 16.1. The van der Waals surface area contributed by atoms with Crippen LogP contribution in [0.2, 0.25) is 0 Å². The van der Waals surface area contributed by atoms with Crippen LogP contribution in [0.15, 0.2) is 49.2 Å². The lowest BCUT2D eigenvalue weighted by Crippen LogP contribution is -2.13. The molecule has 1 aliphatic carbocycles. The maximum atomic E-state index is 12.9. The van der Waals surface area contributed by atoms with Gasteiger partial charge in [-0.2, -0.15) is 5.10 Å². The second kappa shape index (κ2) is 6.35. The number of carbonyl (C=O) groups excluding carboxylic acids is 1. The monoisotopic (exact) mass is 358 g/mol. The van der Waals surface area contributed by atoms with E-state index < -0.39 is 0 Å². The molecule has 3 aromatic heterocycles. The van der Waals surface area contributed by atoms with E-state index in [0.717, 1.165) is 23.7 Å². The topological polar surface area (TPSA) is 88.5 Å². The summed E-state index contributed by atoms with van der Waals surface area (Å²) in [5.41, 5.74) is 4.86. The van der Waals surface area contributed by atoms with Crippen LogP contribution in [0.3, 0.4) is 0 Å². The lowest BCUT2D eigenvalue weighted by atomic mass is 9.95. The number of nitrogens with one attached hydrogen (secondary N) is 2. The number of anilines is 1. The van der Waals surface area contributed by atoms with Gasteiger partial charge in [0.25, 0.3) is 5.91 Å². The Morgan fingerprint density at radius 1 is 1.15 bits per heavy atom. The molecule has 1 amide bonds. The molecule has 3 heterocycles. The van der Waals surface area contributed by atoms with E-state index in [2.05, 4.69) is 31.4 Å². The summed E-state index contributed by atoms with van der Waals surface area (Å²) in [6.07, 6.45) is 9.19. The number of rotatable bonds is 3. The minimum atomic E-state index is -0.144. The van der Waals surface area contributed by atoms with Gasteiger partial charge in [-0.1, -0.05) is 12.1 Å². The Morgan fingerprint density at radius 3 is 2.89 bits per heavy atom. The van der Waals surface area contributed by atoms with Gasteiger partial charge in [-0.3, -0.25) is 4.79 Å². The highest BCUT2D eigenvalue weighted by Crippen LogP contribution is 2.31. The first kappa shape index (κ1) is 15.7. The van der Waals surface area contributed by atoms with Crippen LogP contribution in [0.5, 0.6) is 0 Å². The highest BCUT2D eigenvalue weighted by Gasteiger charge is 2.19. The van der Waals surface area contributed by atoms with Gasteiger partial charge in [-0.25, -0.2) is 14.6 Å². The van der Waals surface area contributed by atoms with Crippen LogP contribution >= 0.6 is 0 Å². The Balaban J connectivity index is 1.43. The van der Waals surface area contributed by atoms with E-state index in [4.69, 9.17) is 0 Å². The third kappa shape index (κ3) is 2.77. The molecule has 0 aliphatic heterocycles. The third-order valence-electron chi connectivity index (χ3n) is 5.04. The number of amides is 1. The number of hydrogen-bond donors (Lipinski definition) is 2. The molecule has 5 rings (SSSR count). The number of carbonyl (C=O) groups is 1. The smallest absolute Gasteiger partial charge is 0.257 e. The molecular formula is C20H18N6O. The zero-order valence-electron chi connectivity index (χ0n) is 14.6. The predicted octanol–water partition coefficient (Wildman–Crippen LogP) is 3.27. The Bertz CT molecular complexity index is 1110. The van der Waals surface area contributed by atoms with Crippen LogP contribution < -0.4 is 5.32 Å². The van der Waals surface area contributed by atoms with Crippen LogP contribution in [-0.4, -0.2) is 30.6 Å². The Hall–Kier alpha value is -3.48. The summed E-state index contributed by atoms with van der Waals surface area (Å²) >= 11 is 0. The first-order chi connectivity index (χ1) is 13.3. The van der Waals surface area contributed by atoms with E-state index in [0.29, 0.717) is 17.1 Å². The molecule has 1 aliphatic rings. The summed E-state index contributed by atoms with van der Waals surface area (Å²) in [5.74, 6) is 0.499. The van der Waals surface area contributed by atoms with Crippen molar-refractivity contribution in [1.82, 2.24) is 24.7 Å². The number of aromatic amines is 1. The average molecular weight is 358 g/mol. The van der Waals surface area contributed by atoms with Gasteiger partial charge < -0.3 is 10.3 Å². The molecule has 0 saturated carbocycles. The SMILES string of the molecule is O=C(Nc1ccc(-n2cncn2)nc1)c1cccc2c3c([nH]c12)CCCC3. The fraction of sp³-hybridized carbons (Fsp3) is 0.200. The quantitative estimate of drug-likeness (QED) is 0.588. The maximum Gasteiger partial charge on any atom is 0.257 e. The number of hydrogen-bond acceptors (Lipinski definition) is 4. The molecule has 7 heteroatoms. The number of aromatic nitrogens is 5. The van der Waals surface area contributed by atoms with Crippen molar-refractivity contribution in [3.8, 4) is 5.82 Å². The fourth-order valence-electron chi connectivity index (χ4n) is 3.74. The second-order valence-electron chi connectivity index (χ2n) is 6.72. The summed E-state index contributed by atoms with van der Waals surface area (Å²) in [6.45, 7) is 0. The fourth-order valence-corrected chi connectivity index (χ4v) is 3.74. The lowest BCUT2D eigenvalue weighted by molar-refractivity contribution is 0.102. The van der Waals surface area contributed by atoms with Gasteiger partial charge in [0.05, 0.1) is 23.0 Å². The molecular weight excluding hydrogens is 340 g/mol. The zero-order chi connectivity index (χ0) is 18.2. The normalized spacial score (nSPS) is 13.5. The zero-order valence-corrected chi connectivity index (χ0v) is 14.6. The van der Waals surface area contributed by atoms with E-state index in [1.165, 1.54) is 30.4 Å². The van der Waals surface area contributed by atoms with Crippen LogP contribution in [0.1, 0.15) is 34.5 Å². The molecule has 0 saturated heterocycles. The number of nitrogens with zero attached hydrogens (tertiary/aromatic N) is 4. The number of aryl methyl sites for hydroxylation is 2. The van der Waals surface area contributed by atoms with Crippen molar-refractivity contribution in [2.24, 2.45) is 0 Å². The van der Waals surface area contributed by atoms with Gasteiger partial charge in [0, 0.05) is 11.1 Å². The first-order valence-corrected chi connectivity index (χ1v) is 9.04. The van der Waals surface area contributed by atoms with Gasteiger partial charge >= 0.3 is 0 Å². The van der Waals surface area contributed by atoms with Gasteiger partial charge in [-0.15, -0.1) is 0 Å². The van der Waals surface area contributed by atoms with Crippen LogP contribution in [0, 0.1) is 0 Å². The van der Waals surface area contributed by atoms with E-state index in [1.54, 1.807) is 23.3 Å². The molecule has 134 valence electrons. The second-order valence-corrected chi connectivity index (χ2v) is 6.72. The molecule has 2 N–H and O–H groups in total. The van der Waals surface area contributed by atoms with Crippen molar-refractivity contribution in [2.75, 3.05) is 5.32 Å². The summed E-state index contributed by atoms with van der Waals surface area (Å²) in [4.78, 5) is 24.6. The van der Waals surface area contributed by atoms with Crippen molar-refractivity contribution in [3.05, 3.63) is 66.0 Å². The van der Waals surface area contributed by atoms with Crippen LogP contribution in [0.4, 0.5) is 5.69 Å². The van der Waals surface area contributed by atoms with Crippen LogP contribution in [0.25, 0.3) is 16.7 Å². The van der Waals surface area contributed by atoms with Crippen molar-refractivity contribution >= 4 is 22.5 Å². The van der Waals surface area contributed by atoms with Gasteiger partial charge in [0.15, 0.2) is 5.82 Å². The number of H-pyrrole nitrogens is 1. The average Bonchev–Trinajstić information content (AvgIpc) is 3.36. The minimum Gasteiger partial charge on any atom is -0.358 e. The molecule has 0 radical (unpaired) electrons. The number of pyridine rings is 1. The molecule has 4 aromatic rings. The summed E-state index contributed by atoms with van der Waals surface area (Å²) in [5, 5.41) is 8.14. The highest BCUT2D eigenvalue weighted by molar-refractivity contribution is 6.12. The van der Waals surface area contributed by atoms with Crippen molar-refractivity contribution < 1.29 is 4.79 Å². The minimum absolute atomic E-state index is 0.144. The van der Waals surface area contributed by atoms with Gasteiger partial charge in [-0.05, 0) is 49.4 Å². The maximum absolute atomic E-state index is 12.9. The van der Waals surface area contributed by atoms with E-state index >= 15 is 0 Å². The Labute approximate surface area is 155 Å². The molecule has 0 fully saturated rings. The third-order valence-corrected chi connectivity index (χ3v) is 5.04. The lowest BCUT2D eigenvalue weighted by Gasteiger charge is -2.10.